The Morgan fingerprint density at radius 1 is 1.21 bits per heavy atom. The van der Waals surface area contributed by atoms with Crippen LogP contribution < -0.4 is 14.8 Å². The number of para-hydroxylation sites is 2. The van der Waals surface area contributed by atoms with Crippen LogP contribution in [0.2, 0.25) is 0 Å². The molecule has 0 bridgehead atoms. The van der Waals surface area contributed by atoms with E-state index in [0.717, 1.165) is 0 Å². The smallest absolute Gasteiger partial charge is 0.230 e. The van der Waals surface area contributed by atoms with Gasteiger partial charge < -0.3 is 19.9 Å². The molecule has 1 atom stereocenters. The van der Waals surface area contributed by atoms with Crippen molar-refractivity contribution in [3.8, 4) is 22.9 Å². The zero-order valence-corrected chi connectivity index (χ0v) is 15.5. The van der Waals surface area contributed by atoms with Crippen molar-refractivity contribution >= 4 is 17.7 Å². The van der Waals surface area contributed by atoms with E-state index in [9.17, 15) is 9.90 Å². The summed E-state index contributed by atoms with van der Waals surface area (Å²) in [5.41, 5.74) is 0.692. The normalized spacial score (nSPS) is 15.2. The van der Waals surface area contributed by atoms with E-state index in [1.807, 2.05) is 24.3 Å². The number of fused-ring (bicyclic) bond motifs is 1. The van der Waals surface area contributed by atoms with Crippen LogP contribution in [-0.4, -0.2) is 56.2 Å². The van der Waals surface area contributed by atoms with E-state index in [2.05, 4.69) is 20.8 Å². The zero-order valence-electron chi connectivity index (χ0n) is 14.7. The summed E-state index contributed by atoms with van der Waals surface area (Å²) in [6.45, 7) is 0.722. The fourth-order valence-electron chi connectivity index (χ4n) is 2.60. The molecule has 1 aliphatic rings. The molecule has 0 spiro atoms. The van der Waals surface area contributed by atoms with E-state index in [4.69, 9.17) is 9.47 Å². The molecule has 2 aromatic carbocycles. The van der Waals surface area contributed by atoms with Gasteiger partial charge in [0.15, 0.2) is 11.5 Å². The van der Waals surface area contributed by atoms with Gasteiger partial charge in [0, 0.05) is 0 Å². The van der Waals surface area contributed by atoms with Crippen molar-refractivity contribution in [3.63, 3.8) is 0 Å². The summed E-state index contributed by atoms with van der Waals surface area (Å²) in [6, 6.07) is 13.9. The summed E-state index contributed by atoms with van der Waals surface area (Å²) in [5, 5.41) is 24.2. The minimum absolute atomic E-state index is 0.155. The summed E-state index contributed by atoms with van der Waals surface area (Å²) in [6.07, 6.45) is -0.244. The van der Waals surface area contributed by atoms with Crippen LogP contribution in [-0.2, 0) is 4.79 Å². The van der Waals surface area contributed by atoms with Gasteiger partial charge in [-0.05, 0) is 46.8 Å². The first kappa shape index (κ1) is 18.1. The molecular formula is C18H17N5O4S. The van der Waals surface area contributed by atoms with E-state index in [0.29, 0.717) is 35.5 Å². The topological polar surface area (TPSA) is 111 Å². The first-order chi connectivity index (χ1) is 13.7. The first-order valence-electron chi connectivity index (χ1n) is 8.55. The molecule has 0 unspecified atom stereocenters. The molecule has 2 N–H and O–H groups in total. The van der Waals surface area contributed by atoms with Crippen molar-refractivity contribution in [2.45, 2.75) is 11.3 Å². The lowest BCUT2D eigenvalue weighted by Gasteiger charge is -2.26. The van der Waals surface area contributed by atoms with E-state index < -0.39 is 0 Å². The van der Waals surface area contributed by atoms with Gasteiger partial charge in [0.2, 0.25) is 11.1 Å². The average molecular weight is 399 g/mol. The molecule has 1 aliphatic heterocycles. The molecular weight excluding hydrogens is 382 g/mol. The van der Waals surface area contributed by atoms with Crippen molar-refractivity contribution in [1.82, 2.24) is 25.5 Å². The van der Waals surface area contributed by atoms with Crippen LogP contribution in [0.1, 0.15) is 0 Å². The first-order valence-corrected chi connectivity index (χ1v) is 9.53. The molecule has 1 amide bonds. The highest BCUT2D eigenvalue weighted by molar-refractivity contribution is 7.99. The van der Waals surface area contributed by atoms with Gasteiger partial charge in [-0.3, -0.25) is 4.79 Å². The van der Waals surface area contributed by atoms with Gasteiger partial charge >= 0.3 is 0 Å². The summed E-state index contributed by atoms with van der Waals surface area (Å²) < 4.78 is 13.0. The predicted molar refractivity (Wildman–Crippen MR) is 101 cm³/mol. The number of ether oxygens (including phenoxy) is 2. The Bertz CT molecular complexity index is 963. The molecule has 0 aliphatic carbocycles. The largest absolute Gasteiger partial charge is 0.508 e. The Morgan fingerprint density at radius 3 is 2.82 bits per heavy atom. The number of carbonyl (C=O) groups excluding carboxylic acids is 1. The number of nitrogens with one attached hydrogen (secondary N) is 1. The van der Waals surface area contributed by atoms with E-state index in [-0.39, 0.29) is 23.5 Å². The Hall–Kier alpha value is -3.27. The minimum Gasteiger partial charge on any atom is -0.508 e. The van der Waals surface area contributed by atoms with Crippen molar-refractivity contribution in [2.24, 2.45) is 0 Å². The maximum Gasteiger partial charge on any atom is 0.230 e. The molecule has 0 saturated heterocycles. The van der Waals surface area contributed by atoms with Gasteiger partial charge in [-0.25, -0.2) is 0 Å². The number of phenolic OH excluding ortho intramolecular Hbond substituents is 1. The fourth-order valence-corrected chi connectivity index (χ4v) is 3.32. The Morgan fingerprint density at radius 2 is 2.00 bits per heavy atom. The molecule has 144 valence electrons. The molecule has 10 heteroatoms. The van der Waals surface area contributed by atoms with Crippen LogP contribution in [0.4, 0.5) is 0 Å². The maximum absolute atomic E-state index is 12.2. The Balaban J connectivity index is 1.28. The van der Waals surface area contributed by atoms with Gasteiger partial charge in [-0.2, -0.15) is 4.68 Å². The number of hydrogen-bond donors (Lipinski definition) is 2. The monoisotopic (exact) mass is 399 g/mol. The number of aromatic nitrogens is 4. The van der Waals surface area contributed by atoms with Gasteiger partial charge in [-0.1, -0.05) is 23.9 Å². The second-order valence-corrected chi connectivity index (χ2v) is 6.92. The fraction of sp³-hybridized carbons (Fsp3) is 0.222. The maximum atomic E-state index is 12.2. The highest BCUT2D eigenvalue weighted by Crippen LogP contribution is 2.30. The summed E-state index contributed by atoms with van der Waals surface area (Å²) >= 11 is 1.22. The van der Waals surface area contributed by atoms with Crippen molar-refractivity contribution in [1.29, 1.82) is 0 Å². The molecule has 9 nitrogen and oxygen atoms in total. The lowest BCUT2D eigenvalue weighted by Crippen LogP contribution is -2.41. The minimum atomic E-state index is -0.244. The Labute approximate surface area is 164 Å². The summed E-state index contributed by atoms with van der Waals surface area (Å²) in [7, 11) is 0. The molecule has 1 aromatic heterocycles. The molecule has 0 radical (unpaired) electrons. The molecule has 4 rings (SSSR count). The molecule has 28 heavy (non-hydrogen) atoms. The molecule has 2 heterocycles. The van der Waals surface area contributed by atoms with Crippen molar-refractivity contribution in [3.05, 3.63) is 48.5 Å². The van der Waals surface area contributed by atoms with E-state index in [1.165, 1.54) is 16.4 Å². The number of nitrogens with zero attached hydrogens (tertiary/aromatic N) is 4. The number of thioether (sulfide) groups is 1. The lowest BCUT2D eigenvalue weighted by atomic mass is 10.2. The van der Waals surface area contributed by atoms with Gasteiger partial charge in [0.05, 0.1) is 18.0 Å². The lowest BCUT2D eigenvalue weighted by molar-refractivity contribution is -0.119. The highest BCUT2D eigenvalue weighted by atomic mass is 32.2. The van der Waals surface area contributed by atoms with Crippen LogP contribution in [0, 0.1) is 0 Å². The predicted octanol–water partition coefficient (Wildman–Crippen LogP) is 1.42. The number of carbonyl (C=O) groups is 1. The third-order valence-corrected chi connectivity index (χ3v) is 4.88. The van der Waals surface area contributed by atoms with Crippen LogP contribution in [0.5, 0.6) is 17.2 Å². The van der Waals surface area contributed by atoms with Gasteiger partial charge in [-0.15, -0.1) is 5.10 Å². The van der Waals surface area contributed by atoms with Crippen LogP contribution in [0.15, 0.2) is 53.7 Å². The number of tetrazole rings is 1. The number of phenols is 1. The van der Waals surface area contributed by atoms with Crippen LogP contribution in [0.3, 0.4) is 0 Å². The summed E-state index contributed by atoms with van der Waals surface area (Å²) in [5.74, 6) is 1.54. The number of rotatable bonds is 6. The number of amides is 1. The quantitative estimate of drug-likeness (QED) is 0.599. The van der Waals surface area contributed by atoms with Gasteiger partial charge in [0.1, 0.15) is 18.5 Å². The summed E-state index contributed by atoms with van der Waals surface area (Å²) in [4.78, 5) is 12.2. The SMILES string of the molecule is O=C(CSc1nnnn1-c1ccc(O)cc1)NC[C@@H]1COc2ccccc2O1. The van der Waals surface area contributed by atoms with E-state index in [1.54, 1.807) is 24.3 Å². The standard InChI is InChI=1S/C18H17N5O4S/c24-13-7-5-12(6-8-13)23-18(20-21-22-23)28-11-17(25)19-9-14-10-26-15-3-1-2-4-16(15)27-14/h1-8,14,24H,9-11H2,(H,19,25)/t14-/m1/s1. The number of hydrogen-bond acceptors (Lipinski definition) is 8. The number of aromatic hydroxyl groups is 1. The Kier molecular flexibility index (Phi) is 5.29. The number of benzene rings is 2. The zero-order chi connectivity index (χ0) is 19.3. The third kappa shape index (κ3) is 4.17. The molecule has 0 fully saturated rings. The van der Waals surface area contributed by atoms with Gasteiger partial charge in [0.25, 0.3) is 0 Å². The van der Waals surface area contributed by atoms with E-state index >= 15 is 0 Å². The van der Waals surface area contributed by atoms with Crippen LogP contribution in [0.25, 0.3) is 5.69 Å². The highest BCUT2D eigenvalue weighted by Gasteiger charge is 2.21. The van der Waals surface area contributed by atoms with Crippen molar-refractivity contribution in [2.75, 3.05) is 18.9 Å². The molecule has 0 saturated carbocycles. The molecule has 3 aromatic rings. The second-order valence-electron chi connectivity index (χ2n) is 5.98. The average Bonchev–Trinajstić information content (AvgIpc) is 3.20. The van der Waals surface area contributed by atoms with Crippen LogP contribution >= 0.6 is 11.8 Å². The third-order valence-electron chi connectivity index (χ3n) is 3.96. The second kappa shape index (κ2) is 8.17. The van der Waals surface area contributed by atoms with Crippen molar-refractivity contribution < 1.29 is 19.4 Å².